The molecule has 1 aromatic heterocycles. The third-order valence-corrected chi connectivity index (χ3v) is 1.52. The smallest absolute Gasteiger partial charge is 0.236 e. The lowest BCUT2D eigenvalue weighted by Crippen LogP contribution is -2.03. The van der Waals surface area contributed by atoms with Crippen LogP contribution in [0.3, 0.4) is 0 Å². The molecule has 0 aromatic carbocycles. The van der Waals surface area contributed by atoms with Crippen LogP contribution < -0.4 is 11.1 Å². The summed E-state index contributed by atoms with van der Waals surface area (Å²) in [6.45, 7) is 0.761. The Hall–Kier alpha value is -1.42. The predicted octanol–water partition coefficient (Wildman–Crippen LogP) is 1.04. The summed E-state index contributed by atoms with van der Waals surface area (Å²) in [4.78, 5) is 3.49. The van der Waals surface area contributed by atoms with Crippen LogP contribution in [-0.4, -0.2) is 18.6 Å². The zero-order valence-corrected chi connectivity index (χ0v) is 7.42. The summed E-state index contributed by atoms with van der Waals surface area (Å²) in [6.07, 6.45) is 5.19. The molecule has 0 amide bonds. The number of pyridine rings is 1. The van der Waals surface area contributed by atoms with E-state index in [-0.39, 0.29) is 5.69 Å². The maximum absolute atomic E-state index is 12.6. The number of nitrogens with two attached hydrogens (primary N) is 1. The molecule has 3 nitrogen and oxygen atoms in total. The van der Waals surface area contributed by atoms with Crippen LogP contribution in [0, 0.1) is 5.95 Å². The summed E-state index contributed by atoms with van der Waals surface area (Å²) >= 11 is 0. The Balaban J connectivity index is 2.73. The van der Waals surface area contributed by atoms with Gasteiger partial charge in [0, 0.05) is 12.7 Å². The summed E-state index contributed by atoms with van der Waals surface area (Å²) in [5, 5.41) is 2.95. The van der Waals surface area contributed by atoms with Crippen molar-refractivity contribution in [3.63, 3.8) is 0 Å². The third kappa shape index (κ3) is 2.83. The molecule has 1 heterocycles. The second-order valence-electron chi connectivity index (χ2n) is 2.61. The molecule has 0 aliphatic heterocycles. The summed E-state index contributed by atoms with van der Waals surface area (Å²) in [7, 11) is 1.85. The van der Waals surface area contributed by atoms with E-state index < -0.39 is 5.95 Å². The van der Waals surface area contributed by atoms with Gasteiger partial charge in [-0.1, -0.05) is 12.2 Å². The maximum atomic E-state index is 12.6. The van der Waals surface area contributed by atoms with Crippen LogP contribution in [0.25, 0.3) is 6.08 Å². The number of rotatable bonds is 3. The van der Waals surface area contributed by atoms with E-state index in [0.29, 0.717) is 0 Å². The molecule has 0 saturated carbocycles. The largest absolute Gasteiger partial charge is 0.395 e. The Morgan fingerprint density at radius 2 is 2.46 bits per heavy atom. The molecule has 0 aliphatic rings. The molecule has 0 radical (unpaired) electrons. The van der Waals surface area contributed by atoms with Crippen LogP contribution in [0.4, 0.5) is 10.1 Å². The van der Waals surface area contributed by atoms with Crippen molar-refractivity contribution in [2.24, 2.45) is 0 Å². The first-order valence-electron chi connectivity index (χ1n) is 3.96. The average molecular weight is 181 g/mol. The fourth-order valence-electron chi connectivity index (χ4n) is 0.886. The van der Waals surface area contributed by atoms with E-state index in [0.717, 1.165) is 12.1 Å². The van der Waals surface area contributed by atoms with E-state index in [2.05, 4.69) is 10.3 Å². The van der Waals surface area contributed by atoms with Crippen LogP contribution in [-0.2, 0) is 0 Å². The van der Waals surface area contributed by atoms with Crippen molar-refractivity contribution in [1.29, 1.82) is 0 Å². The van der Waals surface area contributed by atoms with E-state index in [9.17, 15) is 4.39 Å². The first-order chi connectivity index (χ1) is 6.24. The fraction of sp³-hybridized carbons (Fsp3) is 0.222. The number of likely N-dealkylation sites (N-methyl/N-ethyl adjacent to an activating group) is 1. The van der Waals surface area contributed by atoms with Crippen LogP contribution in [0.2, 0.25) is 0 Å². The first-order valence-corrected chi connectivity index (χ1v) is 3.96. The second-order valence-corrected chi connectivity index (χ2v) is 2.61. The van der Waals surface area contributed by atoms with E-state index in [1.807, 2.05) is 19.2 Å². The molecule has 3 N–H and O–H groups in total. The summed E-state index contributed by atoms with van der Waals surface area (Å²) in [6, 6.07) is 1.55. The number of nitrogens with one attached hydrogen (secondary N) is 1. The van der Waals surface area contributed by atoms with Gasteiger partial charge in [-0.15, -0.1) is 0 Å². The number of anilines is 1. The van der Waals surface area contributed by atoms with Crippen LogP contribution in [0.15, 0.2) is 18.3 Å². The average Bonchev–Trinajstić information content (AvgIpc) is 2.12. The van der Waals surface area contributed by atoms with Crippen molar-refractivity contribution in [2.45, 2.75) is 0 Å². The Labute approximate surface area is 76.5 Å². The normalized spacial score (nSPS) is 10.9. The highest BCUT2D eigenvalue weighted by Crippen LogP contribution is 2.09. The van der Waals surface area contributed by atoms with Crippen LogP contribution in [0.5, 0.6) is 0 Å². The zero-order chi connectivity index (χ0) is 9.68. The van der Waals surface area contributed by atoms with Crippen molar-refractivity contribution >= 4 is 11.8 Å². The van der Waals surface area contributed by atoms with E-state index in [1.54, 1.807) is 6.07 Å². The van der Waals surface area contributed by atoms with Crippen molar-refractivity contribution in [3.8, 4) is 0 Å². The number of nitrogens with zero attached hydrogens (tertiary/aromatic N) is 1. The third-order valence-electron chi connectivity index (χ3n) is 1.52. The van der Waals surface area contributed by atoms with Gasteiger partial charge in [-0.25, -0.2) is 4.98 Å². The topological polar surface area (TPSA) is 50.9 Å². The lowest BCUT2D eigenvalue weighted by Gasteiger charge is -1.96. The molecule has 1 aromatic rings. The van der Waals surface area contributed by atoms with Gasteiger partial charge in [-0.3, -0.25) is 0 Å². The number of hydrogen-bond acceptors (Lipinski definition) is 3. The monoisotopic (exact) mass is 181 g/mol. The van der Waals surface area contributed by atoms with Gasteiger partial charge in [0.05, 0.1) is 5.69 Å². The molecular formula is C9H12FN3. The lowest BCUT2D eigenvalue weighted by molar-refractivity contribution is 0.588. The molecule has 0 spiro atoms. The quantitative estimate of drug-likeness (QED) is 0.685. The standard InChI is InChI=1S/C9H12FN3/c1-12-4-2-3-7-5-8(11)9(10)13-6-7/h2-3,5-6,12H,4,11H2,1H3. The van der Waals surface area contributed by atoms with Crippen LogP contribution in [0.1, 0.15) is 5.56 Å². The minimum atomic E-state index is -0.620. The van der Waals surface area contributed by atoms with Crippen molar-refractivity contribution in [2.75, 3.05) is 19.3 Å². The minimum absolute atomic E-state index is 0.0756. The molecule has 13 heavy (non-hydrogen) atoms. The van der Waals surface area contributed by atoms with E-state index in [1.165, 1.54) is 6.20 Å². The summed E-state index contributed by atoms with van der Waals surface area (Å²) < 4.78 is 12.6. The number of nitrogen functional groups attached to an aromatic ring is 1. The van der Waals surface area contributed by atoms with Gasteiger partial charge in [0.15, 0.2) is 0 Å². The van der Waals surface area contributed by atoms with Crippen molar-refractivity contribution in [1.82, 2.24) is 10.3 Å². The fourth-order valence-corrected chi connectivity index (χ4v) is 0.886. The lowest BCUT2D eigenvalue weighted by atomic mass is 10.2. The maximum Gasteiger partial charge on any atom is 0.236 e. The van der Waals surface area contributed by atoms with Gasteiger partial charge in [0.2, 0.25) is 5.95 Å². The minimum Gasteiger partial charge on any atom is -0.395 e. The van der Waals surface area contributed by atoms with Crippen molar-refractivity contribution < 1.29 is 4.39 Å². The molecule has 4 heteroatoms. The predicted molar refractivity (Wildman–Crippen MR) is 51.6 cm³/mol. The SMILES string of the molecule is CNCC=Cc1cnc(F)c(N)c1. The molecule has 70 valence electrons. The molecular weight excluding hydrogens is 169 g/mol. The molecule has 0 fully saturated rings. The van der Waals surface area contributed by atoms with Gasteiger partial charge in [0.1, 0.15) is 0 Å². The van der Waals surface area contributed by atoms with Gasteiger partial charge in [-0.2, -0.15) is 4.39 Å². The highest BCUT2D eigenvalue weighted by atomic mass is 19.1. The highest BCUT2D eigenvalue weighted by molar-refractivity contribution is 5.53. The molecule has 0 aliphatic carbocycles. The van der Waals surface area contributed by atoms with E-state index >= 15 is 0 Å². The van der Waals surface area contributed by atoms with Crippen LogP contribution >= 0.6 is 0 Å². The zero-order valence-electron chi connectivity index (χ0n) is 7.42. The molecule has 0 unspecified atom stereocenters. The molecule has 0 atom stereocenters. The first kappa shape index (κ1) is 9.67. The second kappa shape index (κ2) is 4.57. The molecule has 1 rings (SSSR count). The van der Waals surface area contributed by atoms with E-state index in [4.69, 9.17) is 5.73 Å². The van der Waals surface area contributed by atoms with Gasteiger partial charge < -0.3 is 11.1 Å². The molecule has 0 saturated heterocycles. The number of halogens is 1. The summed E-state index contributed by atoms with van der Waals surface area (Å²) in [5.41, 5.74) is 6.21. The summed E-state index contributed by atoms with van der Waals surface area (Å²) in [5.74, 6) is -0.620. The number of hydrogen-bond donors (Lipinski definition) is 2. The van der Waals surface area contributed by atoms with Gasteiger partial charge in [-0.05, 0) is 18.7 Å². The molecule has 0 bridgehead atoms. The Morgan fingerprint density at radius 1 is 1.69 bits per heavy atom. The van der Waals surface area contributed by atoms with Crippen molar-refractivity contribution in [3.05, 3.63) is 29.9 Å². The Morgan fingerprint density at radius 3 is 3.08 bits per heavy atom. The van der Waals surface area contributed by atoms with Gasteiger partial charge in [0.25, 0.3) is 0 Å². The Kier molecular flexibility index (Phi) is 3.40. The van der Waals surface area contributed by atoms with Gasteiger partial charge >= 0.3 is 0 Å². The Bertz CT molecular complexity index is 310. The number of aromatic nitrogens is 1. The highest BCUT2D eigenvalue weighted by Gasteiger charge is 1.97.